The molecule has 0 saturated carbocycles. The van der Waals surface area contributed by atoms with Gasteiger partial charge in [0.25, 0.3) is 0 Å². The molecule has 0 radical (unpaired) electrons. The van der Waals surface area contributed by atoms with E-state index in [9.17, 15) is 0 Å². The van der Waals surface area contributed by atoms with Crippen LogP contribution in [0.5, 0.6) is 11.5 Å². The zero-order chi connectivity index (χ0) is 24.0. The number of nitrogens with zero attached hydrogens (tertiary/aromatic N) is 6. The fourth-order valence-electron chi connectivity index (χ4n) is 3.58. The lowest BCUT2D eigenvalue weighted by atomic mass is 10.2. The molecule has 2 heterocycles. The first-order valence-electron chi connectivity index (χ1n) is 11.0. The number of methoxy groups -OCH3 is 2. The van der Waals surface area contributed by atoms with Crippen molar-refractivity contribution in [3.63, 3.8) is 0 Å². The van der Waals surface area contributed by atoms with Gasteiger partial charge in [-0.3, -0.25) is 0 Å². The minimum absolute atomic E-state index is 0.510. The highest BCUT2D eigenvalue weighted by Gasteiger charge is 2.19. The van der Waals surface area contributed by atoms with E-state index in [1.54, 1.807) is 37.0 Å². The van der Waals surface area contributed by atoms with Crippen LogP contribution in [0.15, 0.2) is 90.1 Å². The van der Waals surface area contributed by atoms with Crippen LogP contribution < -0.4 is 9.47 Å². The summed E-state index contributed by atoms with van der Waals surface area (Å²) in [6.07, 6.45) is 1.80. The monoisotopic (exact) mass is 484 g/mol. The van der Waals surface area contributed by atoms with Gasteiger partial charge in [0.1, 0.15) is 16.5 Å². The predicted molar refractivity (Wildman–Crippen MR) is 135 cm³/mol. The molecule has 5 aromatic rings. The Hall–Kier alpha value is -4.11. The number of hydrogen-bond donors (Lipinski definition) is 0. The minimum atomic E-state index is 0.510. The molecule has 0 aliphatic rings. The fourth-order valence-corrected chi connectivity index (χ4v) is 4.65. The number of hydrogen-bond acceptors (Lipinski definition) is 7. The molecule has 2 aromatic heterocycles. The molecule has 0 aliphatic carbocycles. The number of benzene rings is 3. The van der Waals surface area contributed by atoms with Crippen molar-refractivity contribution in [1.82, 2.24) is 30.0 Å². The highest BCUT2D eigenvalue weighted by molar-refractivity contribution is 7.98. The summed E-state index contributed by atoms with van der Waals surface area (Å²) in [5.74, 6) is 2.93. The summed E-state index contributed by atoms with van der Waals surface area (Å²) in [6.45, 7) is 0.510. The Balaban J connectivity index is 1.45. The lowest BCUT2D eigenvalue weighted by molar-refractivity contribution is 0.414. The maximum atomic E-state index is 5.31. The Bertz CT molecular complexity index is 1380. The molecule has 8 nitrogen and oxygen atoms in total. The van der Waals surface area contributed by atoms with Crippen LogP contribution in [0, 0.1) is 0 Å². The second-order valence-corrected chi connectivity index (χ2v) is 8.70. The first-order valence-corrected chi connectivity index (χ1v) is 12.0. The van der Waals surface area contributed by atoms with Crippen LogP contribution in [-0.4, -0.2) is 44.2 Å². The molecule has 5 rings (SSSR count). The van der Waals surface area contributed by atoms with E-state index in [0.29, 0.717) is 12.4 Å². The lowest BCUT2D eigenvalue weighted by Gasteiger charge is -2.09. The quantitative estimate of drug-likeness (QED) is 0.276. The Labute approximate surface area is 207 Å². The van der Waals surface area contributed by atoms with E-state index in [-0.39, 0.29) is 0 Å². The maximum Gasteiger partial charge on any atom is 0.209 e. The molecule has 0 spiro atoms. The summed E-state index contributed by atoms with van der Waals surface area (Å²) in [5.41, 5.74) is 4.05. The largest absolute Gasteiger partial charge is 0.497 e. The first-order chi connectivity index (χ1) is 17.2. The van der Waals surface area contributed by atoms with Crippen LogP contribution in [-0.2, 0) is 12.3 Å². The fraction of sp³-hybridized carbons (Fsp3) is 0.154. The van der Waals surface area contributed by atoms with Crippen LogP contribution in [0.25, 0.3) is 17.1 Å². The Morgan fingerprint density at radius 3 is 2.17 bits per heavy atom. The van der Waals surface area contributed by atoms with Crippen LogP contribution in [0.4, 0.5) is 0 Å². The van der Waals surface area contributed by atoms with Gasteiger partial charge in [-0.25, -0.2) is 4.68 Å². The normalized spacial score (nSPS) is 10.9. The van der Waals surface area contributed by atoms with Crippen molar-refractivity contribution in [3.05, 3.63) is 96.2 Å². The summed E-state index contributed by atoms with van der Waals surface area (Å²) in [5, 5.41) is 18.9. The highest BCUT2D eigenvalue weighted by atomic mass is 32.2. The van der Waals surface area contributed by atoms with E-state index < -0.39 is 0 Å². The zero-order valence-corrected chi connectivity index (χ0v) is 20.2. The molecular weight excluding hydrogens is 460 g/mol. The number of rotatable bonds is 9. The average molecular weight is 485 g/mol. The third kappa shape index (κ3) is 5.20. The van der Waals surface area contributed by atoms with E-state index >= 15 is 0 Å². The molecule has 0 amide bonds. The van der Waals surface area contributed by atoms with Gasteiger partial charge in [-0.15, -0.1) is 22.0 Å². The smallest absolute Gasteiger partial charge is 0.209 e. The second-order valence-electron chi connectivity index (χ2n) is 7.74. The average Bonchev–Trinajstić information content (AvgIpc) is 3.55. The molecule has 9 heteroatoms. The predicted octanol–water partition coefficient (Wildman–Crippen LogP) is 4.88. The molecule has 0 bridgehead atoms. The van der Waals surface area contributed by atoms with Gasteiger partial charge in [0.15, 0.2) is 0 Å². The van der Waals surface area contributed by atoms with Crippen LogP contribution in [0.3, 0.4) is 0 Å². The summed E-state index contributed by atoms with van der Waals surface area (Å²) < 4.78 is 12.4. The van der Waals surface area contributed by atoms with Crippen molar-refractivity contribution in [2.75, 3.05) is 14.2 Å². The molecular formula is C26H24N6O2S. The Morgan fingerprint density at radius 1 is 0.800 bits per heavy atom. The molecule has 0 unspecified atom stereocenters. The third-order valence-electron chi connectivity index (χ3n) is 5.44. The highest BCUT2D eigenvalue weighted by Crippen LogP contribution is 2.34. The van der Waals surface area contributed by atoms with Gasteiger partial charge in [0, 0.05) is 5.75 Å². The molecule has 0 N–H and O–H groups in total. The second kappa shape index (κ2) is 10.4. The number of tetrazole rings is 1. The molecule has 176 valence electrons. The van der Waals surface area contributed by atoms with Crippen LogP contribution in [0.2, 0.25) is 0 Å². The maximum absolute atomic E-state index is 5.31. The molecule has 0 saturated heterocycles. The van der Waals surface area contributed by atoms with Crippen molar-refractivity contribution in [1.29, 1.82) is 0 Å². The van der Waals surface area contributed by atoms with Crippen molar-refractivity contribution in [3.8, 4) is 28.6 Å². The Morgan fingerprint density at radius 2 is 1.49 bits per heavy atom. The summed E-state index contributed by atoms with van der Waals surface area (Å²) in [6, 6.07) is 26.0. The molecule has 0 atom stereocenters. The molecule has 3 aromatic carbocycles. The van der Waals surface area contributed by atoms with Gasteiger partial charge in [-0.1, -0.05) is 42.5 Å². The molecule has 0 fully saturated rings. The summed E-state index contributed by atoms with van der Waals surface area (Å²) in [7, 11) is 3.31. The summed E-state index contributed by atoms with van der Waals surface area (Å²) in [4.78, 5) is 1.59. The van der Waals surface area contributed by atoms with E-state index in [0.717, 1.165) is 39.1 Å². The van der Waals surface area contributed by atoms with Gasteiger partial charge in [-0.05, 0) is 52.7 Å². The number of thioether (sulfide) groups is 1. The Kier molecular flexibility index (Phi) is 6.76. The van der Waals surface area contributed by atoms with Crippen molar-refractivity contribution in [2.24, 2.45) is 0 Å². The summed E-state index contributed by atoms with van der Waals surface area (Å²) >= 11 is 1.69. The molecule has 35 heavy (non-hydrogen) atoms. The molecule has 0 aliphatic heterocycles. The standard InChI is InChI=1S/C26H24N6O2S/c1-33-22-12-8-19(9-13-22)17-31-29-25(28-30-31)24-16-27-32(21-10-14-23(34-2)15-11-21)26(24)35-18-20-6-4-3-5-7-20/h3-16H,17-18H2,1-2H3. The van der Waals surface area contributed by atoms with Gasteiger partial charge in [0.2, 0.25) is 5.82 Å². The van der Waals surface area contributed by atoms with E-state index in [1.165, 1.54) is 5.56 Å². The van der Waals surface area contributed by atoms with Gasteiger partial charge in [-0.2, -0.15) is 9.90 Å². The van der Waals surface area contributed by atoms with Crippen molar-refractivity contribution >= 4 is 11.8 Å². The SMILES string of the molecule is COc1ccc(Cn2nnc(-c3cnn(-c4ccc(OC)cc4)c3SCc3ccccc3)n2)cc1. The van der Waals surface area contributed by atoms with Gasteiger partial charge in [0.05, 0.1) is 38.2 Å². The number of aromatic nitrogens is 6. The third-order valence-corrected chi connectivity index (χ3v) is 6.58. The van der Waals surface area contributed by atoms with Crippen LogP contribution in [0.1, 0.15) is 11.1 Å². The van der Waals surface area contributed by atoms with Crippen molar-refractivity contribution < 1.29 is 9.47 Å². The van der Waals surface area contributed by atoms with Gasteiger partial charge >= 0.3 is 0 Å². The minimum Gasteiger partial charge on any atom is -0.497 e. The van der Waals surface area contributed by atoms with Gasteiger partial charge < -0.3 is 9.47 Å². The van der Waals surface area contributed by atoms with E-state index in [1.807, 2.05) is 71.4 Å². The lowest BCUT2D eigenvalue weighted by Crippen LogP contribution is -2.04. The first kappa shape index (κ1) is 22.7. The van der Waals surface area contributed by atoms with E-state index in [4.69, 9.17) is 9.47 Å². The number of ether oxygens (including phenoxy) is 2. The van der Waals surface area contributed by atoms with Crippen molar-refractivity contribution in [2.45, 2.75) is 17.3 Å². The topological polar surface area (TPSA) is 79.9 Å². The van der Waals surface area contributed by atoms with E-state index in [2.05, 4.69) is 32.6 Å². The zero-order valence-electron chi connectivity index (χ0n) is 19.4. The van der Waals surface area contributed by atoms with Crippen LogP contribution >= 0.6 is 11.8 Å².